The summed E-state index contributed by atoms with van der Waals surface area (Å²) in [6.07, 6.45) is 0.897. The molecule has 100 valence electrons. The number of benzene rings is 1. The zero-order valence-corrected chi connectivity index (χ0v) is 11.7. The summed E-state index contributed by atoms with van der Waals surface area (Å²) in [4.78, 5) is 14.5. The first-order chi connectivity index (χ1) is 9.10. The van der Waals surface area contributed by atoms with Crippen LogP contribution in [-0.4, -0.2) is 9.91 Å². The Hall–Kier alpha value is -1.66. The van der Waals surface area contributed by atoms with Gasteiger partial charge < -0.3 is 4.74 Å². The first-order valence-electron chi connectivity index (χ1n) is 5.60. The average Bonchev–Trinajstić information content (AvgIpc) is 2.84. The molecule has 2 rings (SSSR count). The van der Waals surface area contributed by atoms with Gasteiger partial charge in [0.1, 0.15) is 17.4 Å². The fourth-order valence-electron chi connectivity index (χ4n) is 1.46. The lowest BCUT2D eigenvalue weighted by Gasteiger charge is -2.04. The standard InChI is InChI=1S/C12H11ClN2O3S/c1-2-12-14-8(7-19-12)6-18-9-3-4-11(15(16)17)10(13)5-9/h3-5,7H,2,6H2,1H3. The number of rotatable bonds is 5. The summed E-state index contributed by atoms with van der Waals surface area (Å²) in [5, 5.41) is 13.7. The first kappa shape index (κ1) is 13.8. The highest BCUT2D eigenvalue weighted by Crippen LogP contribution is 2.28. The molecule has 0 atom stereocenters. The van der Waals surface area contributed by atoms with Gasteiger partial charge in [0.05, 0.1) is 15.6 Å². The second kappa shape index (κ2) is 5.99. The van der Waals surface area contributed by atoms with E-state index >= 15 is 0 Å². The third kappa shape index (κ3) is 3.42. The summed E-state index contributed by atoms with van der Waals surface area (Å²) < 4.78 is 5.50. The summed E-state index contributed by atoms with van der Waals surface area (Å²) in [6.45, 7) is 2.37. The van der Waals surface area contributed by atoms with Gasteiger partial charge in [-0.25, -0.2) is 4.98 Å². The van der Waals surface area contributed by atoms with E-state index in [-0.39, 0.29) is 10.7 Å². The van der Waals surface area contributed by atoms with E-state index in [1.54, 1.807) is 11.3 Å². The van der Waals surface area contributed by atoms with Crippen molar-refractivity contribution in [2.45, 2.75) is 20.0 Å². The van der Waals surface area contributed by atoms with Crippen LogP contribution in [0.2, 0.25) is 5.02 Å². The van der Waals surface area contributed by atoms with E-state index in [0.29, 0.717) is 12.4 Å². The third-order valence-electron chi connectivity index (χ3n) is 2.40. The van der Waals surface area contributed by atoms with Crippen molar-refractivity contribution in [3.05, 3.63) is 49.4 Å². The van der Waals surface area contributed by atoms with E-state index in [0.717, 1.165) is 17.1 Å². The zero-order valence-electron chi connectivity index (χ0n) is 10.1. The van der Waals surface area contributed by atoms with Crippen molar-refractivity contribution in [1.82, 2.24) is 4.98 Å². The van der Waals surface area contributed by atoms with Crippen molar-refractivity contribution in [1.29, 1.82) is 0 Å². The van der Waals surface area contributed by atoms with E-state index in [1.165, 1.54) is 18.2 Å². The topological polar surface area (TPSA) is 65.3 Å². The molecule has 1 aromatic heterocycles. The lowest BCUT2D eigenvalue weighted by atomic mass is 10.3. The molecule has 0 radical (unpaired) electrons. The minimum absolute atomic E-state index is 0.0648. The second-order valence-corrected chi connectivity index (χ2v) is 5.09. The highest BCUT2D eigenvalue weighted by Gasteiger charge is 2.12. The van der Waals surface area contributed by atoms with Crippen molar-refractivity contribution < 1.29 is 9.66 Å². The Morgan fingerprint density at radius 2 is 2.32 bits per heavy atom. The van der Waals surface area contributed by atoms with Gasteiger partial charge in [0.15, 0.2) is 0 Å². The smallest absolute Gasteiger partial charge is 0.288 e. The Morgan fingerprint density at radius 1 is 1.53 bits per heavy atom. The summed E-state index contributed by atoms with van der Waals surface area (Å²) in [5.74, 6) is 0.488. The second-order valence-electron chi connectivity index (χ2n) is 3.75. The predicted octanol–water partition coefficient (Wildman–Crippen LogP) is 3.85. The maximum absolute atomic E-state index is 10.6. The summed E-state index contributed by atoms with van der Waals surface area (Å²) >= 11 is 7.39. The normalized spacial score (nSPS) is 10.4. The molecule has 0 saturated heterocycles. The van der Waals surface area contributed by atoms with Gasteiger partial charge in [0.2, 0.25) is 0 Å². The number of thiazole rings is 1. The molecule has 0 amide bonds. The minimum atomic E-state index is -0.528. The van der Waals surface area contributed by atoms with Crippen molar-refractivity contribution >= 4 is 28.6 Å². The Morgan fingerprint density at radius 3 is 2.89 bits per heavy atom. The Labute approximate surface area is 119 Å². The number of aromatic nitrogens is 1. The van der Waals surface area contributed by atoms with E-state index in [2.05, 4.69) is 4.98 Å². The molecule has 2 aromatic rings. The fourth-order valence-corrected chi connectivity index (χ4v) is 2.43. The Bertz CT molecular complexity index is 600. The van der Waals surface area contributed by atoms with Gasteiger partial charge in [-0.05, 0) is 12.5 Å². The van der Waals surface area contributed by atoms with Crippen LogP contribution in [0.4, 0.5) is 5.69 Å². The van der Waals surface area contributed by atoms with E-state index < -0.39 is 4.92 Å². The number of aryl methyl sites for hydroxylation is 1. The quantitative estimate of drug-likeness (QED) is 0.621. The highest BCUT2D eigenvalue weighted by atomic mass is 35.5. The molecule has 1 aromatic carbocycles. The third-order valence-corrected chi connectivity index (χ3v) is 3.75. The Balaban J connectivity index is 2.03. The van der Waals surface area contributed by atoms with Crippen LogP contribution in [0.5, 0.6) is 5.75 Å². The summed E-state index contributed by atoms with van der Waals surface area (Å²) in [5.41, 5.74) is 0.715. The maximum Gasteiger partial charge on any atom is 0.288 e. The van der Waals surface area contributed by atoms with Crippen LogP contribution < -0.4 is 4.74 Å². The number of hydrogen-bond acceptors (Lipinski definition) is 5. The molecule has 0 spiro atoms. The number of hydrogen-bond donors (Lipinski definition) is 0. The fraction of sp³-hybridized carbons (Fsp3) is 0.250. The van der Waals surface area contributed by atoms with Gasteiger partial charge in [-0.15, -0.1) is 11.3 Å². The minimum Gasteiger partial charge on any atom is -0.487 e. The molecule has 5 nitrogen and oxygen atoms in total. The summed E-state index contributed by atoms with van der Waals surface area (Å²) in [6, 6.07) is 4.29. The molecule has 1 heterocycles. The number of nitrogens with zero attached hydrogens (tertiary/aromatic N) is 2. The molecule has 0 saturated carbocycles. The first-order valence-corrected chi connectivity index (χ1v) is 6.86. The van der Waals surface area contributed by atoms with Gasteiger partial charge in [-0.2, -0.15) is 0 Å². The largest absolute Gasteiger partial charge is 0.487 e. The number of ether oxygens (including phenoxy) is 1. The van der Waals surface area contributed by atoms with Gasteiger partial charge >= 0.3 is 0 Å². The zero-order chi connectivity index (χ0) is 13.8. The maximum atomic E-state index is 10.6. The van der Waals surface area contributed by atoms with Crippen LogP contribution in [-0.2, 0) is 13.0 Å². The number of halogens is 1. The van der Waals surface area contributed by atoms with Crippen molar-refractivity contribution in [3.63, 3.8) is 0 Å². The van der Waals surface area contributed by atoms with Crippen LogP contribution in [0, 0.1) is 10.1 Å². The molecule has 19 heavy (non-hydrogen) atoms. The van der Waals surface area contributed by atoms with Crippen LogP contribution >= 0.6 is 22.9 Å². The SMILES string of the molecule is CCc1nc(COc2ccc([N+](=O)[O-])c(Cl)c2)cs1. The molecule has 0 N–H and O–H groups in total. The van der Waals surface area contributed by atoms with Crippen LogP contribution in [0.1, 0.15) is 17.6 Å². The molecular formula is C12H11ClN2O3S. The molecular weight excluding hydrogens is 288 g/mol. The molecule has 0 bridgehead atoms. The average molecular weight is 299 g/mol. The van der Waals surface area contributed by atoms with Crippen molar-refractivity contribution in [3.8, 4) is 5.75 Å². The van der Waals surface area contributed by atoms with E-state index in [4.69, 9.17) is 16.3 Å². The molecule has 0 aliphatic rings. The van der Waals surface area contributed by atoms with Gasteiger partial charge in [-0.1, -0.05) is 18.5 Å². The van der Waals surface area contributed by atoms with Crippen LogP contribution in [0.25, 0.3) is 0 Å². The molecule has 0 aliphatic heterocycles. The predicted molar refractivity (Wildman–Crippen MR) is 73.9 cm³/mol. The number of nitro groups is 1. The lowest BCUT2D eigenvalue weighted by molar-refractivity contribution is -0.384. The van der Waals surface area contributed by atoms with Gasteiger partial charge in [0.25, 0.3) is 5.69 Å². The van der Waals surface area contributed by atoms with E-state index in [9.17, 15) is 10.1 Å². The molecule has 0 fully saturated rings. The van der Waals surface area contributed by atoms with Crippen LogP contribution in [0.3, 0.4) is 0 Å². The molecule has 7 heteroatoms. The van der Waals surface area contributed by atoms with Gasteiger partial charge in [-0.3, -0.25) is 10.1 Å². The Kier molecular flexibility index (Phi) is 4.34. The van der Waals surface area contributed by atoms with Crippen LogP contribution in [0.15, 0.2) is 23.6 Å². The van der Waals surface area contributed by atoms with Crippen molar-refractivity contribution in [2.75, 3.05) is 0 Å². The molecule has 0 unspecified atom stereocenters. The highest BCUT2D eigenvalue weighted by molar-refractivity contribution is 7.09. The van der Waals surface area contributed by atoms with E-state index in [1.807, 2.05) is 12.3 Å². The summed E-state index contributed by atoms with van der Waals surface area (Å²) in [7, 11) is 0. The monoisotopic (exact) mass is 298 g/mol. The lowest BCUT2D eigenvalue weighted by Crippen LogP contribution is -1.97. The molecule has 0 aliphatic carbocycles. The van der Waals surface area contributed by atoms with Gasteiger partial charge in [0, 0.05) is 17.5 Å². The van der Waals surface area contributed by atoms with Crippen molar-refractivity contribution in [2.24, 2.45) is 0 Å². The number of nitro benzene ring substituents is 1.